The minimum absolute atomic E-state index is 0.0275. The van der Waals surface area contributed by atoms with Gasteiger partial charge >= 0.3 is 5.97 Å². The summed E-state index contributed by atoms with van der Waals surface area (Å²) in [5, 5.41) is 12.7. The van der Waals surface area contributed by atoms with E-state index >= 15 is 0 Å². The van der Waals surface area contributed by atoms with E-state index in [0.717, 1.165) is 11.3 Å². The molecule has 1 saturated heterocycles. The van der Waals surface area contributed by atoms with Crippen LogP contribution in [0, 0.1) is 6.92 Å². The van der Waals surface area contributed by atoms with Crippen LogP contribution in [-0.4, -0.2) is 46.0 Å². The van der Waals surface area contributed by atoms with E-state index in [-0.39, 0.29) is 18.4 Å². The van der Waals surface area contributed by atoms with E-state index < -0.39 is 5.97 Å². The smallest absolute Gasteiger partial charge is 0.305 e. The quantitative estimate of drug-likeness (QED) is 0.924. The van der Waals surface area contributed by atoms with E-state index in [2.05, 4.69) is 0 Å². The van der Waals surface area contributed by atoms with E-state index in [0.29, 0.717) is 17.9 Å². The van der Waals surface area contributed by atoms with Gasteiger partial charge in [0.1, 0.15) is 0 Å². The topological polar surface area (TPSA) is 57.6 Å². The lowest BCUT2D eigenvalue weighted by Crippen LogP contribution is -2.47. The Hall–Kier alpha value is -1.01. The fourth-order valence-electron chi connectivity index (χ4n) is 2.03. The lowest BCUT2D eigenvalue weighted by Gasteiger charge is -2.34. The van der Waals surface area contributed by atoms with Gasteiger partial charge in [-0.3, -0.25) is 9.59 Å². The second-order valence-electron chi connectivity index (χ2n) is 4.29. The molecule has 1 aromatic heterocycles. The van der Waals surface area contributed by atoms with Gasteiger partial charge in [0.15, 0.2) is 0 Å². The van der Waals surface area contributed by atoms with Gasteiger partial charge in [-0.25, -0.2) is 0 Å². The first-order valence-corrected chi connectivity index (χ1v) is 7.82. The molecule has 0 saturated carbocycles. The summed E-state index contributed by atoms with van der Waals surface area (Å²) in [6.07, 6.45) is 0.0297. The maximum atomic E-state index is 12.4. The molecule has 2 rings (SSSR count). The molecule has 18 heavy (non-hydrogen) atoms. The number of carboxylic acid groups (broad SMARTS) is 1. The number of thiophene rings is 1. The van der Waals surface area contributed by atoms with E-state index in [1.54, 1.807) is 16.7 Å². The zero-order chi connectivity index (χ0) is 13.1. The number of amides is 1. The number of aryl methyl sites for hydroxylation is 1. The zero-order valence-corrected chi connectivity index (χ0v) is 11.7. The first-order valence-electron chi connectivity index (χ1n) is 5.73. The minimum atomic E-state index is -0.845. The van der Waals surface area contributed by atoms with Gasteiger partial charge in [0, 0.05) is 23.4 Å². The average Bonchev–Trinajstić information content (AvgIpc) is 2.74. The SMILES string of the molecule is Cc1cscc1C(=O)N1CCSCC1CC(=O)O. The van der Waals surface area contributed by atoms with Crippen LogP contribution in [0.1, 0.15) is 22.3 Å². The second kappa shape index (κ2) is 5.75. The molecule has 98 valence electrons. The van der Waals surface area contributed by atoms with Crippen molar-refractivity contribution in [2.24, 2.45) is 0 Å². The standard InChI is InChI=1S/C12H15NO3S2/c1-8-5-18-7-10(8)12(16)13-2-3-17-6-9(13)4-11(14)15/h5,7,9H,2-4,6H2,1H3,(H,14,15). The Balaban J connectivity index is 2.16. The molecule has 1 N–H and O–H groups in total. The van der Waals surface area contributed by atoms with Crippen LogP contribution >= 0.6 is 23.1 Å². The second-order valence-corrected chi connectivity index (χ2v) is 6.19. The summed E-state index contributed by atoms with van der Waals surface area (Å²) in [6.45, 7) is 2.55. The summed E-state index contributed by atoms with van der Waals surface area (Å²) in [5.74, 6) is 0.717. The number of rotatable bonds is 3. The zero-order valence-electron chi connectivity index (χ0n) is 10.1. The van der Waals surface area contributed by atoms with Gasteiger partial charge in [0.25, 0.3) is 5.91 Å². The van der Waals surface area contributed by atoms with Gasteiger partial charge in [-0.1, -0.05) is 0 Å². The summed E-state index contributed by atoms with van der Waals surface area (Å²) in [7, 11) is 0. The number of thioether (sulfide) groups is 1. The highest BCUT2D eigenvalue weighted by atomic mass is 32.2. The molecular weight excluding hydrogens is 270 g/mol. The summed E-state index contributed by atoms with van der Waals surface area (Å²) >= 11 is 3.22. The Bertz CT molecular complexity index is 458. The van der Waals surface area contributed by atoms with Gasteiger partial charge < -0.3 is 10.0 Å². The summed E-state index contributed by atoms with van der Waals surface area (Å²) < 4.78 is 0. The molecule has 0 bridgehead atoms. The van der Waals surface area contributed by atoms with Crippen molar-refractivity contribution in [2.75, 3.05) is 18.1 Å². The first kappa shape index (κ1) is 13.4. The fraction of sp³-hybridized carbons (Fsp3) is 0.500. The third-order valence-corrected chi connectivity index (χ3v) is 4.94. The number of nitrogens with zero attached hydrogens (tertiary/aromatic N) is 1. The van der Waals surface area contributed by atoms with Crippen LogP contribution in [0.15, 0.2) is 10.8 Å². The number of hydrogen-bond donors (Lipinski definition) is 1. The third kappa shape index (κ3) is 2.87. The summed E-state index contributed by atoms with van der Waals surface area (Å²) in [4.78, 5) is 25.0. The molecular formula is C12H15NO3S2. The first-order chi connectivity index (χ1) is 8.59. The van der Waals surface area contributed by atoms with Crippen molar-refractivity contribution in [2.45, 2.75) is 19.4 Å². The predicted molar refractivity (Wildman–Crippen MR) is 73.5 cm³/mol. The van der Waals surface area contributed by atoms with E-state index in [1.807, 2.05) is 17.7 Å². The van der Waals surface area contributed by atoms with Crippen molar-refractivity contribution < 1.29 is 14.7 Å². The van der Waals surface area contributed by atoms with Crippen LogP contribution in [-0.2, 0) is 4.79 Å². The van der Waals surface area contributed by atoms with Crippen molar-refractivity contribution in [3.8, 4) is 0 Å². The Morgan fingerprint density at radius 3 is 2.89 bits per heavy atom. The number of carbonyl (C=O) groups excluding carboxylic acids is 1. The lowest BCUT2D eigenvalue weighted by molar-refractivity contribution is -0.138. The molecule has 1 atom stereocenters. The molecule has 1 amide bonds. The molecule has 4 nitrogen and oxygen atoms in total. The Morgan fingerprint density at radius 2 is 2.28 bits per heavy atom. The maximum absolute atomic E-state index is 12.4. The normalized spacial score (nSPS) is 19.8. The Labute approximate surface area is 114 Å². The summed E-state index contributed by atoms with van der Waals surface area (Å²) in [6, 6.07) is -0.187. The molecule has 1 fully saturated rings. The van der Waals surface area contributed by atoms with E-state index in [1.165, 1.54) is 11.3 Å². The van der Waals surface area contributed by atoms with Crippen LogP contribution in [0.5, 0.6) is 0 Å². The van der Waals surface area contributed by atoms with Gasteiger partial charge in [-0.2, -0.15) is 23.1 Å². The highest BCUT2D eigenvalue weighted by Crippen LogP contribution is 2.23. The Morgan fingerprint density at radius 1 is 1.50 bits per heavy atom. The molecule has 1 unspecified atom stereocenters. The fourth-order valence-corrected chi connectivity index (χ4v) is 3.91. The van der Waals surface area contributed by atoms with E-state index in [9.17, 15) is 9.59 Å². The molecule has 2 heterocycles. The molecule has 1 aliphatic heterocycles. The molecule has 1 aromatic rings. The van der Waals surface area contributed by atoms with Gasteiger partial charge in [-0.15, -0.1) is 0 Å². The number of hydrogen-bond acceptors (Lipinski definition) is 4. The van der Waals surface area contributed by atoms with Gasteiger partial charge in [0.2, 0.25) is 0 Å². The van der Waals surface area contributed by atoms with Crippen LogP contribution in [0.25, 0.3) is 0 Å². The number of aliphatic carboxylic acids is 1. The van der Waals surface area contributed by atoms with Crippen LogP contribution in [0.3, 0.4) is 0 Å². The lowest BCUT2D eigenvalue weighted by atomic mass is 10.1. The van der Waals surface area contributed by atoms with Crippen LogP contribution in [0.2, 0.25) is 0 Å². The van der Waals surface area contributed by atoms with Crippen molar-refractivity contribution in [3.63, 3.8) is 0 Å². The highest BCUT2D eigenvalue weighted by Gasteiger charge is 2.30. The maximum Gasteiger partial charge on any atom is 0.305 e. The van der Waals surface area contributed by atoms with Gasteiger partial charge in [0.05, 0.1) is 18.0 Å². The van der Waals surface area contributed by atoms with Crippen molar-refractivity contribution in [1.82, 2.24) is 4.90 Å². The largest absolute Gasteiger partial charge is 0.481 e. The monoisotopic (exact) mass is 285 g/mol. The molecule has 0 spiro atoms. The van der Waals surface area contributed by atoms with Crippen molar-refractivity contribution in [3.05, 3.63) is 21.9 Å². The Kier molecular flexibility index (Phi) is 4.29. The van der Waals surface area contributed by atoms with Crippen LogP contribution in [0.4, 0.5) is 0 Å². The molecule has 0 radical (unpaired) electrons. The highest BCUT2D eigenvalue weighted by molar-refractivity contribution is 7.99. The average molecular weight is 285 g/mol. The molecule has 1 aliphatic rings. The van der Waals surface area contributed by atoms with Crippen molar-refractivity contribution in [1.29, 1.82) is 0 Å². The summed E-state index contributed by atoms with van der Waals surface area (Å²) in [5.41, 5.74) is 1.68. The molecule has 6 heteroatoms. The number of carbonyl (C=O) groups is 2. The number of carboxylic acids is 1. The van der Waals surface area contributed by atoms with Crippen LogP contribution < -0.4 is 0 Å². The van der Waals surface area contributed by atoms with Crippen molar-refractivity contribution >= 4 is 35.0 Å². The van der Waals surface area contributed by atoms with E-state index in [4.69, 9.17) is 5.11 Å². The molecule has 0 aliphatic carbocycles. The van der Waals surface area contributed by atoms with Gasteiger partial charge in [-0.05, 0) is 17.9 Å². The predicted octanol–water partition coefficient (Wildman–Crippen LogP) is 2.09. The third-order valence-electron chi connectivity index (χ3n) is 2.98. The minimum Gasteiger partial charge on any atom is -0.481 e. The molecule has 0 aromatic carbocycles.